The lowest BCUT2D eigenvalue weighted by Gasteiger charge is -2.11. The quantitative estimate of drug-likeness (QED) is 0.764. The first-order valence-corrected chi connectivity index (χ1v) is 5.07. The zero-order valence-electron chi connectivity index (χ0n) is 9.77. The zero-order valence-corrected chi connectivity index (χ0v) is 9.77. The molecule has 15 heavy (non-hydrogen) atoms. The van der Waals surface area contributed by atoms with Gasteiger partial charge in [-0.2, -0.15) is 0 Å². The molecule has 3 heteroatoms. The maximum Gasteiger partial charge on any atom is 0.314 e. The number of carbonyl (C=O) groups excluding carboxylic acids is 1. The van der Waals surface area contributed by atoms with E-state index in [1.165, 1.54) is 22.3 Å². The Hall–Kier alpha value is -1.51. The minimum Gasteiger partial charge on any atom is -0.341 e. The molecule has 1 aromatic rings. The van der Waals surface area contributed by atoms with Crippen LogP contribution in [0.1, 0.15) is 22.3 Å². The summed E-state index contributed by atoms with van der Waals surface area (Å²) in [7, 11) is 1.61. The van der Waals surface area contributed by atoms with Crippen LogP contribution in [-0.2, 0) is 6.54 Å². The first-order valence-electron chi connectivity index (χ1n) is 5.07. The minimum absolute atomic E-state index is 0.146. The smallest absolute Gasteiger partial charge is 0.314 e. The van der Waals surface area contributed by atoms with Crippen molar-refractivity contribution in [2.45, 2.75) is 27.3 Å². The second-order valence-corrected chi connectivity index (χ2v) is 3.72. The number of carbonyl (C=O) groups is 1. The predicted molar refractivity (Wildman–Crippen MR) is 61.9 cm³/mol. The maximum absolute atomic E-state index is 11.0. The van der Waals surface area contributed by atoms with E-state index < -0.39 is 0 Å². The van der Waals surface area contributed by atoms with Crippen molar-refractivity contribution in [3.05, 3.63) is 34.4 Å². The molecule has 0 saturated heterocycles. The number of rotatable bonds is 2. The molecule has 0 spiro atoms. The van der Waals surface area contributed by atoms with Gasteiger partial charge in [-0.25, -0.2) is 4.79 Å². The molecule has 0 aliphatic rings. The van der Waals surface area contributed by atoms with Crippen LogP contribution in [0.5, 0.6) is 0 Å². The lowest BCUT2D eigenvalue weighted by Crippen LogP contribution is -2.32. The highest BCUT2D eigenvalue weighted by molar-refractivity contribution is 5.73. The van der Waals surface area contributed by atoms with Crippen LogP contribution in [0.15, 0.2) is 12.1 Å². The molecular formula is C12H18N2O. The molecule has 0 atom stereocenters. The molecule has 0 fully saturated rings. The van der Waals surface area contributed by atoms with Gasteiger partial charge in [0.15, 0.2) is 0 Å². The second-order valence-electron chi connectivity index (χ2n) is 3.72. The van der Waals surface area contributed by atoms with Crippen molar-refractivity contribution < 1.29 is 4.79 Å². The summed E-state index contributed by atoms with van der Waals surface area (Å²) in [5.41, 5.74) is 5.01. The van der Waals surface area contributed by atoms with Crippen LogP contribution in [-0.4, -0.2) is 13.1 Å². The van der Waals surface area contributed by atoms with Gasteiger partial charge in [-0.3, -0.25) is 0 Å². The first kappa shape index (κ1) is 11.6. The maximum atomic E-state index is 11.0. The van der Waals surface area contributed by atoms with E-state index in [2.05, 4.69) is 43.5 Å². The van der Waals surface area contributed by atoms with Gasteiger partial charge in [0.05, 0.1) is 0 Å². The molecule has 0 aliphatic heterocycles. The van der Waals surface area contributed by atoms with Gasteiger partial charge in [0.1, 0.15) is 0 Å². The highest BCUT2D eigenvalue weighted by Gasteiger charge is 2.04. The third-order valence-electron chi connectivity index (χ3n) is 2.84. The van der Waals surface area contributed by atoms with Crippen molar-refractivity contribution in [3.63, 3.8) is 0 Å². The second kappa shape index (κ2) is 4.82. The fraction of sp³-hybridized carbons (Fsp3) is 0.417. The van der Waals surface area contributed by atoms with Crippen LogP contribution in [0.3, 0.4) is 0 Å². The Morgan fingerprint density at radius 2 is 1.87 bits per heavy atom. The summed E-state index contributed by atoms with van der Waals surface area (Å²) < 4.78 is 0. The Balaban J connectivity index is 2.78. The molecule has 1 rings (SSSR count). The fourth-order valence-electron chi connectivity index (χ4n) is 1.47. The van der Waals surface area contributed by atoms with Crippen LogP contribution >= 0.6 is 0 Å². The molecule has 0 saturated carbocycles. The van der Waals surface area contributed by atoms with E-state index in [-0.39, 0.29) is 6.03 Å². The van der Waals surface area contributed by atoms with Gasteiger partial charge in [-0.1, -0.05) is 12.1 Å². The Kier molecular flexibility index (Phi) is 3.72. The summed E-state index contributed by atoms with van der Waals surface area (Å²) in [6.45, 7) is 6.86. The van der Waals surface area contributed by atoms with Crippen molar-refractivity contribution >= 4 is 6.03 Å². The number of aryl methyl sites for hydroxylation is 1. The van der Waals surface area contributed by atoms with Gasteiger partial charge in [-0.15, -0.1) is 0 Å². The summed E-state index contributed by atoms with van der Waals surface area (Å²) in [6.07, 6.45) is 0. The molecule has 2 amide bonds. The third-order valence-corrected chi connectivity index (χ3v) is 2.84. The molecule has 0 heterocycles. The molecule has 0 unspecified atom stereocenters. The Morgan fingerprint density at radius 3 is 2.47 bits per heavy atom. The summed E-state index contributed by atoms with van der Waals surface area (Å²) in [6, 6.07) is 4.00. The molecule has 3 nitrogen and oxygen atoms in total. The van der Waals surface area contributed by atoms with Crippen molar-refractivity contribution in [3.8, 4) is 0 Å². The average molecular weight is 206 g/mol. The molecule has 0 aliphatic carbocycles. The lowest BCUT2D eigenvalue weighted by atomic mass is 9.99. The summed E-state index contributed by atoms with van der Waals surface area (Å²) >= 11 is 0. The Bertz CT molecular complexity index is 372. The monoisotopic (exact) mass is 206 g/mol. The van der Waals surface area contributed by atoms with Gasteiger partial charge in [0.25, 0.3) is 0 Å². The minimum atomic E-state index is -0.146. The standard InChI is InChI=1S/C12H18N2O/c1-8-5-6-11(10(3)9(8)2)7-14-12(15)13-4/h5-6H,7H2,1-4H3,(H2,13,14,15). The highest BCUT2D eigenvalue weighted by atomic mass is 16.2. The van der Waals surface area contributed by atoms with E-state index >= 15 is 0 Å². The highest BCUT2D eigenvalue weighted by Crippen LogP contribution is 2.16. The van der Waals surface area contributed by atoms with E-state index in [4.69, 9.17) is 0 Å². The van der Waals surface area contributed by atoms with Crippen LogP contribution < -0.4 is 10.6 Å². The van der Waals surface area contributed by atoms with Gasteiger partial charge < -0.3 is 10.6 Å². The summed E-state index contributed by atoms with van der Waals surface area (Å²) in [4.78, 5) is 11.0. The number of nitrogens with one attached hydrogen (secondary N) is 2. The van der Waals surface area contributed by atoms with Gasteiger partial charge in [0.2, 0.25) is 0 Å². The van der Waals surface area contributed by atoms with E-state index in [1.54, 1.807) is 7.05 Å². The molecule has 82 valence electrons. The van der Waals surface area contributed by atoms with E-state index in [9.17, 15) is 4.79 Å². The first-order chi connectivity index (χ1) is 7.06. The largest absolute Gasteiger partial charge is 0.341 e. The van der Waals surface area contributed by atoms with Gasteiger partial charge in [0, 0.05) is 13.6 Å². The zero-order chi connectivity index (χ0) is 11.4. The Morgan fingerprint density at radius 1 is 1.20 bits per heavy atom. The van der Waals surface area contributed by atoms with E-state index in [1.807, 2.05) is 0 Å². The van der Waals surface area contributed by atoms with Crippen LogP contribution in [0.2, 0.25) is 0 Å². The summed E-state index contributed by atoms with van der Waals surface area (Å²) in [5, 5.41) is 5.32. The van der Waals surface area contributed by atoms with Crippen LogP contribution in [0.25, 0.3) is 0 Å². The van der Waals surface area contributed by atoms with Crippen molar-refractivity contribution in [1.29, 1.82) is 0 Å². The number of amides is 2. The molecule has 0 aromatic heterocycles. The number of hydrogen-bond acceptors (Lipinski definition) is 1. The number of hydrogen-bond donors (Lipinski definition) is 2. The topological polar surface area (TPSA) is 41.1 Å². The van der Waals surface area contributed by atoms with Crippen molar-refractivity contribution in [1.82, 2.24) is 10.6 Å². The van der Waals surface area contributed by atoms with Crippen molar-refractivity contribution in [2.24, 2.45) is 0 Å². The van der Waals surface area contributed by atoms with E-state index in [0.717, 1.165) is 0 Å². The fourth-order valence-corrected chi connectivity index (χ4v) is 1.47. The van der Waals surface area contributed by atoms with Crippen LogP contribution in [0.4, 0.5) is 4.79 Å². The summed E-state index contributed by atoms with van der Waals surface area (Å²) in [5.74, 6) is 0. The van der Waals surface area contributed by atoms with E-state index in [0.29, 0.717) is 6.54 Å². The molecule has 1 aromatic carbocycles. The molecule has 2 N–H and O–H groups in total. The molecular weight excluding hydrogens is 188 g/mol. The van der Waals surface area contributed by atoms with Gasteiger partial charge >= 0.3 is 6.03 Å². The lowest BCUT2D eigenvalue weighted by molar-refractivity contribution is 0.242. The van der Waals surface area contributed by atoms with Crippen LogP contribution in [0, 0.1) is 20.8 Å². The number of benzene rings is 1. The SMILES string of the molecule is CNC(=O)NCc1ccc(C)c(C)c1C. The Labute approximate surface area is 90.9 Å². The normalized spacial score (nSPS) is 9.87. The predicted octanol–water partition coefficient (Wildman–Crippen LogP) is 2.04. The number of urea groups is 1. The van der Waals surface area contributed by atoms with Crippen molar-refractivity contribution in [2.75, 3.05) is 7.05 Å². The molecule has 0 radical (unpaired) electrons. The van der Waals surface area contributed by atoms with Gasteiger partial charge in [-0.05, 0) is 43.0 Å². The third kappa shape index (κ3) is 2.72. The average Bonchev–Trinajstić information content (AvgIpc) is 2.24. The molecule has 0 bridgehead atoms.